The number of alkyl halides is 2. The summed E-state index contributed by atoms with van der Waals surface area (Å²) in [7, 11) is 0. The van der Waals surface area contributed by atoms with Gasteiger partial charge in [-0.1, -0.05) is 18.2 Å². The van der Waals surface area contributed by atoms with E-state index in [0.29, 0.717) is 18.7 Å². The van der Waals surface area contributed by atoms with Crippen LogP contribution in [0, 0.1) is 0 Å². The molecule has 1 aromatic carbocycles. The summed E-state index contributed by atoms with van der Waals surface area (Å²) in [5.41, 5.74) is 7.20. The molecule has 102 valence electrons. The Bertz CT molecular complexity index is 531. The number of hydrogen-bond acceptors (Lipinski definition) is 4. The Balaban J connectivity index is 1.94. The van der Waals surface area contributed by atoms with Crippen LogP contribution in [0.25, 0.3) is 0 Å². The van der Waals surface area contributed by atoms with Crippen LogP contribution in [0.5, 0.6) is 5.75 Å². The van der Waals surface area contributed by atoms with E-state index in [9.17, 15) is 8.78 Å². The molecule has 1 aromatic heterocycles. The van der Waals surface area contributed by atoms with E-state index in [1.165, 1.54) is 6.07 Å². The first-order chi connectivity index (χ1) is 9.16. The number of hydrogen-bond donors (Lipinski definition) is 2. The molecule has 0 amide bonds. The average molecular weight is 284 g/mol. The van der Waals surface area contributed by atoms with Gasteiger partial charge in [0.1, 0.15) is 5.75 Å². The lowest BCUT2D eigenvalue weighted by atomic mass is 10.2. The molecule has 2 rings (SSSR count). The molecular weight excluding hydrogens is 270 g/mol. The summed E-state index contributed by atoms with van der Waals surface area (Å²) in [5, 5.41) is 5.08. The van der Waals surface area contributed by atoms with E-state index in [1.54, 1.807) is 29.5 Å². The van der Waals surface area contributed by atoms with Gasteiger partial charge in [-0.05, 0) is 17.5 Å². The molecule has 0 bridgehead atoms. The van der Waals surface area contributed by atoms with E-state index in [2.05, 4.69) is 10.1 Å². The number of nitrogens with one attached hydrogen (secondary N) is 1. The molecule has 0 aliphatic carbocycles. The Hall–Kier alpha value is -1.66. The Morgan fingerprint density at radius 1 is 1.21 bits per heavy atom. The molecule has 1 heterocycles. The van der Waals surface area contributed by atoms with Gasteiger partial charge in [0.05, 0.1) is 0 Å². The summed E-state index contributed by atoms with van der Waals surface area (Å²) >= 11 is 1.56. The van der Waals surface area contributed by atoms with Gasteiger partial charge in [0, 0.05) is 29.2 Å². The largest absolute Gasteiger partial charge is 0.434 e. The summed E-state index contributed by atoms with van der Waals surface area (Å²) < 4.78 is 28.9. The van der Waals surface area contributed by atoms with E-state index in [1.807, 2.05) is 11.4 Å². The maximum Gasteiger partial charge on any atom is 0.387 e. The highest BCUT2D eigenvalue weighted by Gasteiger charge is 2.09. The third-order valence-corrected chi connectivity index (χ3v) is 3.51. The van der Waals surface area contributed by atoms with Crippen molar-refractivity contribution < 1.29 is 13.5 Å². The summed E-state index contributed by atoms with van der Waals surface area (Å²) in [6, 6.07) is 8.58. The molecule has 3 N–H and O–H groups in total. The van der Waals surface area contributed by atoms with Crippen LogP contribution < -0.4 is 15.8 Å². The first kappa shape index (κ1) is 13.8. The quantitative estimate of drug-likeness (QED) is 0.856. The molecule has 0 atom stereocenters. The fraction of sp³-hybridized carbons (Fsp3) is 0.231. The molecule has 3 nitrogen and oxygen atoms in total. The maximum absolute atomic E-state index is 12.2. The summed E-state index contributed by atoms with van der Waals surface area (Å²) in [6.07, 6.45) is 0. The van der Waals surface area contributed by atoms with Crippen molar-refractivity contribution >= 4 is 17.0 Å². The van der Waals surface area contributed by atoms with Gasteiger partial charge in [-0.3, -0.25) is 0 Å². The number of para-hydroxylation sites is 1. The van der Waals surface area contributed by atoms with Crippen LogP contribution in [0.15, 0.2) is 35.7 Å². The van der Waals surface area contributed by atoms with Crippen LogP contribution in [0.4, 0.5) is 14.5 Å². The van der Waals surface area contributed by atoms with Crippen molar-refractivity contribution in [2.24, 2.45) is 0 Å². The van der Waals surface area contributed by atoms with E-state index in [4.69, 9.17) is 5.73 Å². The fourth-order valence-electron chi connectivity index (χ4n) is 1.67. The van der Waals surface area contributed by atoms with Crippen LogP contribution in [0.2, 0.25) is 0 Å². The van der Waals surface area contributed by atoms with E-state index in [0.717, 1.165) is 10.6 Å². The zero-order valence-corrected chi connectivity index (χ0v) is 10.9. The Morgan fingerprint density at radius 3 is 2.68 bits per heavy atom. The second kappa shape index (κ2) is 6.49. The van der Waals surface area contributed by atoms with Gasteiger partial charge in [-0.2, -0.15) is 8.78 Å². The number of nitrogens with two attached hydrogens (primary N) is 1. The summed E-state index contributed by atoms with van der Waals surface area (Å²) in [4.78, 5) is 1.03. The summed E-state index contributed by atoms with van der Waals surface area (Å²) in [6.45, 7) is -1.76. The lowest BCUT2D eigenvalue weighted by molar-refractivity contribution is -0.0504. The molecule has 19 heavy (non-hydrogen) atoms. The predicted molar refractivity (Wildman–Crippen MR) is 72.3 cm³/mol. The molecule has 0 saturated heterocycles. The first-order valence-electron chi connectivity index (χ1n) is 5.72. The number of rotatable bonds is 6. The standard InChI is InChI=1S/C13H14F2N2OS/c14-13(15)18-11-4-2-1-3-9(11)7-17-8-12-10(16)5-6-19-12/h1-6,13,17H,7-8,16H2. The lowest BCUT2D eigenvalue weighted by Crippen LogP contribution is -2.14. The van der Waals surface area contributed by atoms with Crippen molar-refractivity contribution in [1.29, 1.82) is 0 Å². The third kappa shape index (κ3) is 3.90. The molecule has 0 unspecified atom stereocenters. The minimum atomic E-state index is -2.81. The molecule has 0 aliphatic heterocycles. The van der Waals surface area contributed by atoms with Gasteiger partial charge in [0.25, 0.3) is 0 Å². The zero-order valence-electron chi connectivity index (χ0n) is 10.1. The van der Waals surface area contributed by atoms with Crippen LogP contribution in [-0.2, 0) is 13.1 Å². The SMILES string of the molecule is Nc1ccsc1CNCc1ccccc1OC(F)F. The van der Waals surface area contributed by atoms with E-state index >= 15 is 0 Å². The second-order valence-corrected chi connectivity index (χ2v) is 4.89. The second-order valence-electron chi connectivity index (χ2n) is 3.89. The first-order valence-corrected chi connectivity index (χ1v) is 6.60. The van der Waals surface area contributed by atoms with Gasteiger partial charge in [-0.25, -0.2) is 0 Å². The van der Waals surface area contributed by atoms with Crippen molar-refractivity contribution in [3.8, 4) is 5.75 Å². The normalized spacial score (nSPS) is 10.9. The van der Waals surface area contributed by atoms with Crippen molar-refractivity contribution in [3.63, 3.8) is 0 Å². The van der Waals surface area contributed by atoms with Crippen LogP contribution in [-0.4, -0.2) is 6.61 Å². The molecule has 0 radical (unpaired) electrons. The van der Waals surface area contributed by atoms with Gasteiger partial charge in [-0.15, -0.1) is 11.3 Å². The molecule has 0 spiro atoms. The van der Waals surface area contributed by atoms with E-state index in [-0.39, 0.29) is 5.75 Å². The minimum Gasteiger partial charge on any atom is -0.434 e. The molecule has 6 heteroatoms. The van der Waals surface area contributed by atoms with Crippen molar-refractivity contribution in [2.75, 3.05) is 5.73 Å². The summed E-state index contributed by atoms with van der Waals surface area (Å²) in [5.74, 6) is 0.198. The highest BCUT2D eigenvalue weighted by molar-refractivity contribution is 7.10. The number of thiophene rings is 1. The van der Waals surface area contributed by atoms with Crippen LogP contribution in [0.1, 0.15) is 10.4 Å². The van der Waals surface area contributed by atoms with E-state index < -0.39 is 6.61 Å². The molecule has 0 saturated carbocycles. The number of anilines is 1. The predicted octanol–water partition coefficient (Wildman–Crippen LogP) is 3.22. The number of nitrogen functional groups attached to an aromatic ring is 1. The Kier molecular flexibility index (Phi) is 4.70. The number of benzene rings is 1. The molecule has 2 aromatic rings. The zero-order chi connectivity index (χ0) is 13.7. The minimum absolute atomic E-state index is 0.198. The van der Waals surface area contributed by atoms with Crippen molar-refractivity contribution in [3.05, 3.63) is 46.2 Å². The lowest BCUT2D eigenvalue weighted by Gasteiger charge is -2.11. The number of halogens is 2. The Morgan fingerprint density at radius 2 is 2.00 bits per heavy atom. The van der Waals surface area contributed by atoms with Crippen molar-refractivity contribution in [2.45, 2.75) is 19.7 Å². The highest BCUT2D eigenvalue weighted by Crippen LogP contribution is 2.21. The smallest absolute Gasteiger partial charge is 0.387 e. The Labute approximate surface area is 114 Å². The average Bonchev–Trinajstić information content (AvgIpc) is 2.77. The van der Waals surface area contributed by atoms with Gasteiger partial charge in [0.2, 0.25) is 0 Å². The molecular formula is C13H14F2N2OS. The van der Waals surface area contributed by atoms with Crippen LogP contribution in [0.3, 0.4) is 0 Å². The number of ether oxygens (including phenoxy) is 1. The van der Waals surface area contributed by atoms with Gasteiger partial charge < -0.3 is 15.8 Å². The molecule has 0 fully saturated rings. The van der Waals surface area contributed by atoms with Crippen molar-refractivity contribution in [1.82, 2.24) is 5.32 Å². The van der Waals surface area contributed by atoms with Crippen LogP contribution >= 0.6 is 11.3 Å². The third-order valence-electron chi connectivity index (χ3n) is 2.57. The fourth-order valence-corrected chi connectivity index (χ4v) is 2.43. The topological polar surface area (TPSA) is 47.3 Å². The van der Waals surface area contributed by atoms with Gasteiger partial charge >= 0.3 is 6.61 Å². The monoisotopic (exact) mass is 284 g/mol. The maximum atomic E-state index is 12.2. The highest BCUT2D eigenvalue weighted by atomic mass is 32.1. The van der Waals surface area contributed by atoms with Gasteiger partial charge in [0.15, 0.2) is 0 Å². The molecule has 0 aliphatic rings.